The van der Waals surface area contributed by atoms with Gasteiger partial charge >= 0.3 is 12.1 Å². The van der Waals surface area contributed by atoms with Crippen LogP contribution in [0, 0.1) is 14.9 Å². The molecule has 1 amide bonds. The van der Waals surface area contributed by atoms with Crippen LogP contribution in [0.4, 0.5) is 18.9 Å². The summed E-state index contributed by atoms with van der Waals surface area (Å²) in [6, 6.07) is 5.80. The van der Waals surface area contributed by atoms with Crippen molar-refractivity contribution in [3.05, 3.63) is 27.3 Å². The number of hydrogen-bond acceptors (Lipinski definition) is 2. The van der Waals surface area contributed by atoms with Crippen molar-refractivity contribution < 1.29 is 18.0 Å². The minimum absolute atomic E-state index is 0.0296. The standard InChI is InChI=1S/C9H4F3IN2O/c10-9(11,12)8(16)15-7-2-1-5(4-14)3-6(7)13/h1-3H,(H,15,16). The van der Waals surface area contributed by atoms with Gasteiger partial charge in [0.05, 0.1) is 17.3 Å². The molecule has 0 saturated carbocycles. The van der Waals surface area contributed by atoms with Gasteiger partial charge in [-0.1, -0.05) is 0 Å². The maximum atomic E-state index is 11.9. The van der Waals surface area contributed by atoms with Gasteiger partial charge in [-0.2, -0.15) is 18.4 Å². The second kappa shape index (κ2) is 4.69. The van der Waals surface area contributed by atoms with Gasteiger partial charge in [-0.15, -0.1) is 0 Å². The van der Waals surface area contributed by atoms with E-state index in [1.807, 2.05) is 6.07 Å². The van der Waals surface area contributed by atoms with E-state index in [1.165, 1.54) is 18.2 Å². The minimum Gasteiger partial charge on any atom is -0.317 e. The van der Waals surface area contributed by atoms with E-state index in [0.29, 0.717) is 9.13 Å². The van der Waals surface area contributed by atoms with Crippen molar-refractivity contribution in [1.82, 2.24) is 0 Å². The Kier molecular flexibility index (Phi) is 3.74. The van der Waals surface area contributed by atoms with Crippen molar-refractivity contribution in [2.45, 2.75) is 6.18 Å². The molecule has 1 rings (SSSR count). The van der Waals surface area contributed by atoms with Crippen LogP contribution < -0.4 is 5.32 Å². The second-order valence-corrected chi connectivity index (χ2v) is 3.92. The van der Waals surface area contributed by atoms with Gasteiger partial charge in [0.1, 0.15) is 0 Å². The number of carbonyl (C=O) groups is 1. The molecule has 84 valence electrons. The first-order valence-electron chi connectivity index (χ1n) is 3.92. The number of hydrogen-bond donors (Lipinski definition) is 1. The molecule has 0 unspecified atom stereocenters. The molecule has 0 fully saturated rings. The van der Waals surface area contributed by atoms with Crippen LogP contribution in [0.2, 0.25) is 0 Å². The number of anilines is 1. The van der Waals surface area contributed by atoms with Crippen molar-refractivity contribution in [3.63, 3.8) is 0 Å². The van der Waals surface area contributed by atoms with Gasteiger partial charge in [0.25, 0.3) is 0 Å². The van der Waals surface area contributed by atoms with E-state index in [2.05, 4.69) is 0 Å². The Balaban J connectivity index is 2.92. The lowest BCUT2D eigenvalue weighted by Gasteiger charge is -2.09. The highest BCUT2D eigenvalue weighted by Crippen LogP contribution is 2.23. The molecule has 16 heavy (non-hydrogen) atoms. The Morgan fingerprint density at radius 3 is 2.50 bits per heavy atom. The number of alkyl halides is 3. The number of rotatable bonds is 1. The lowest BCUT2D eigenvalue weighted by atomic mass is 10.2. The first kappa shape index (κ1) is 12.8. The Morgan fingerprint density at radius 1 is 1.44 bits per heavy atom. The fraction of sp³-hybridized carbons (Fsp3) is 0.111. The average Bonchev–Trinajstić information content (AvgIpc) is 2.19. The summed E-state index contributed by atoms with van der Waals surface area (Å²) in [4.78, 5) is 10.6. The summed E-state index contributed by atoms with van der Waals surface area (Å²) in [6.45, 7) is 0. The zero-order valence-electron chi connectivity index (χ0n) is 7.60. The van der Waals surface area contributed by atoms with Crippen LogP contribution in [-0.2, 0) is 4.79 Å². The van der Waals surface area contributed by atoms with E-state index in [9.17, 15) is 18.0 Å². The number of halogens is 4. The third-order valence-electron chi connectivity index (χ3n) is 1.60. The zero-order valence-corrected chi connectivity index (χ0v) is 9.76. The first-order valence-corrected chi connectivity index (χ1v) is 5.00. The van der Waals surface area contributed by atoms with Gasteiger partial charge in [-0.3, -0.25) is 4.79 Å². The summed E-state index contributed by atoms with van der Waals surface area (Å²) in [5.74, 6) is -2.03. The lowest BCUT2D eigenvalue weighted by Crippen LogP contribution is -2.30. The molecule has 0 aliphatic heterocycles. The molecule has 0 bridgehead atoms. The molecule has 3 nitrogen and oxygen atoms in total. The van der Waals surface area contributed by atoms with E-state index in [0.717, 1.165) is 0 Å². The summed E-state index contributed by atoms with van der Waals surface area (Å²) >= 11 is 1.74. The minimum atomic E-state index is -4.92. The van der Waals surface area contributed by atoms with E-state index in [1.54, 1.807) is 27.9 Å². The maximum Gasteiger partial charge on any atom is 0.471 e. The van der Waals surface area contributed by atoms with Crippen molar-refractivity contribution >= 4 is 34.2 Å². The predicted molar refractivity (Wildman–Crippen MR) is 58.6 cm³/mol. The molecule has 0 atom stereocenters. The number of nitriles is 1. The smallest absolute Gasteiger partial charge is 0.317 e. The molecule has 0 aromatic heterocycles. The maximum absolute atomic E-state index is 11.9. The highest BCUT2D eigenvalue weighted by molar-refractivity contribution is 14.1. The first-order chi connectivity index (χ1) is 7.34. The Labute approximate surface area is 102 Å². The van der Waals surface area contributed by atoms with E-state index in [-0.39, 0.29) is 5.69 Å². The van der Waals surface area contributed by atoms with Gasteiger partial charge in [0.2, 0.25) is 0 Å². The van der Waals surface area contributed by atoms with Crippen LogP contribution in [-0.4, -0.2) is 12.1 Å². The van der Waals surface area contributed by atoms with E-state index in [4.69, 9.17) is 5.26 Å². The number of nitrogens with one attached hydrogen (secondary N) is 1. The number of carbonyl (C=O) groups excluding carboxylic acids is 1. The van der Waals surface area contributed by atoms with Gasteiger partial charge in [0, 0.05) is 3.57 Å². The predicted octanol–water partition coefficient (Wildman–Crippen LogP) is 2.66. The Hall–Kier alpha value is -1.30. The van der Waals surface area contributed by atoms with Crippen LogP contribution in [0.3, 0.4) is 0 Å². The highest BCUT2D eigenvalue weighted by Gasteiger charge is 2.38. The van der Waals surface area contributed by atoms with Crippen LogP contribution in [0.15, 0.2) is 18.2 Å². The normalized spacial score (nSPS) is 10.7. The summed E-state index contributed by atoms with van der Waals surface area (Å²) in [5, 5.41) is 10.3. The number of benzene rings is 1. The van der Waals surface area contributed by atoms with Crippen LogP contribution in [0.25, 0.3) is 0 Å². The van der Waals surface area contributed by atoms with Gasteiger partial charge in [0.15, 0.2) is 0 Å². The van der Waals surface area contributed by atoms with Gasteiger partial charge in [-0.25, -0.2) is 0 Å². The summed E-state index contributed by atoms with van der Waals surface area (Å²) in [7, 11) is 0. The largest absolute Gasteiger partial charge is 0.471 e. The third kappa shape index (κ3) is 3.10. The number of amides is 1. The monoisotopic (exact) mass is 340 g/mol. The Morgan fingerprint density at radius 2 is 2.06 bits per heavy atom. The molecular weight excluding hydrogens is 336 g/mol. The van der Waals surface area contributed by atoms with Crippen LogP contribution in [0.1, 0.15) is 5.56 Å². The van der Waals surface area contributed by atoms with Crippen LogP contribution >= 0.6 is 22.6 Å². The molecular formula is C9H4F3IN2O. The van der Waals surface area contributed by atoms with Crippen molar-refractivity contribution in [1.29, 1.82) is 5.26 Å². The topological polar surface area (TPSA) is 52.9 Å². The molecule has 0 saturated heterocycles. The molecule has 0 aliphatic rings. The second-order valence-electron chi connectivity index (χ2n) is 2.76. The molecule has 1 aromatic rings. The van der Waals surface area contributed by atoms with Crippen molar-refractivity contribution in [3.8, 4) is 6.07 Å². The summed E-state index contributed by atoms with van der Waals surface area (Å²) in [6.07, 6.45) is -4.92. The molecule has 1 aromatic carbocycles. The highest BCUT2D eigenvalue weighted by atomic mass is 127. The van der Waals surface area contributed by atoms with Crippen LogP contribution in [0.5, 0.6) is 0 Å². The number of nitrogens with zero attached hydrogens (tertiary/aromatic N) is 1. The van der Waals surface area contributed by atoms with E-state index >= 15 is 0 Å². The van der Waals surface area contributed by atoms with E-state index < -0.39 is 12.1 Å². The Bertz CT molecular complexity index is 465. The lowest BCUT2D eigenvalue weighted by molar-refractivity contribution is -0.167. The molecule has 1 N–H and O–H groups in total. The quantitative estimate of drug-likeness (QED) is 0.800. The average molecular weight is 340 g/mol. The molecule has 0 radical (unpaired) electrons. The fourth-order valence-corrected chi connectivity index (χ4v) is 1.53. The summed E-state index contributed by atoms with van der Waals surface area (Å²) < 4.78 is 36.2. The van der Waals surface area contributed by atoms with Gasteiger partial charge < -0.3 is 5.32 Å². The third-order valence-corrected chi connectivity index (χ3v) is 2.50. The fourth-order valence-electron chi connectivity index (χ4n) is 0.879. The zero-order chi connectivity index (χ0) is 12.3. The summed E-state index contributed by atoms with van der Waals surface area (Å²) in [5.41, 5.74) is 0.344. The SMILES string of the molecule is N#Cc1ccc(NC(=O)C(F)(F)F)c(I)c1. The van der Waals surface area contributed by atoms with Crippen molar-refractivity contribution in [2.24, 2.45) is 0 Å². The van der Waals surface area contributed by atoms with Crippen molar-refractivity contribution in [2.75, 3.05) is 5.32 Å². The van der Waals surface area contributed by atoms with Gasteiger partial charge in [-0.05, 0) is 40.8 Å². The molecule has 0 spiro atoms. The molecule has 0 aliphatic carbocycles. The molecule has 0 heterocycles. The molecule has 7 heteroatoms.